The molecular weight excluding hydrogens is 596 g/mol. The van der Waals surface area contributed by atoms with Gasteiger partial charge < -0.3 is 13.9 Å². The Morgan fingerprint density at radius 2 is 1.85 bits per heavy atom. The number of esters is 1. The number of aryl methyl sites for hydroxylation is 1. The Morgan fingerprint density at radius 1 is 1.04 bits per heavy atom. The quantitative estimate of drug-likeness (QED) is 0.137. The van der Waals surface area contributed by atoms with E-state index in [1.807, 2.05) is 19.1 Å². The molecule has 4 aliphatic rings. The normalized spacial score (nSPS) is 32.2. The second kappa shape index (κ2) is 14.4. The molecule has 0 N–H and O–H groups in total. The number of ether oxygens (including phenoxy) is 2. The summed E-state index contributed by atoms with van der Waals surface area (Å²) in [4.78, 5) is 25.5. The third-order valence-electron chi connectivity index (χ3n) is 13.8. The van der Waals surface area contributed by atoms with E-state index in [1.54, 1.807) is 6.07 Å². The van der Waals surface area contributed by atoms with Gasteiger partial charge in [0.15, 0.2) is 6.61 Å². The molecule has 0 unspecified atom stereocenters. The molecule has 0 saturated heterocycles. The van der Waals surface area contributed by atoms with Crippen molar-refractivity contribution in [2.45, 2.75) is 144 Å². The molecule has 8 atom stereocenters. The predicted octanol–water partition coefficient (Wildman–Crippen LogP) is 10.8. The van der Waals surface area contributed by atoms with Gasteiger partial charge in [-0.25, -0.2) is 9.59 Å². The van der Waals surface area contributed by atoms with Gasteiger partial charge >= 0.3 is 11.6 Å². The SMILES string of the molecule is CCCc1c(C)c2ccc(OCC(=O)O[C@@H]3CC[C@]4(C)C(=CC[C@H]5[C@H]6CC[C@@H]([C@@H](C)CCCC(C)C)C[C@]6(C)CC[C@H]54)C3)cc2oc1=O. The molecule has 0 amide bonds. The number of hydrogen-bond donors (Lipinski definition) is 0. The standard InChI is InChI=1S/C43H62O5/c1-8-10-35-29(5)34-17-15-32(24-39(34)48-41(35)45)46-26-40(44)47-33-19-22-43(7)31(23-33)14-16-36-37-18-13-30(28(4)12-9-11-27(2)3)25-42(37,6)21-20-38(36)43/h14-15,17,24,27-28,30,33,36-38H,8-13,16,18-23,25-26H2,1-7H3/t28-,30+,33+,36-,37+,38+,42-,43+/m0/s1. The van der Waals surface area contributed by atoms with Crippen LogP contribution in [0.4, 0.5) is 0 Å². The van der Waals surface area contributed by atoms with Crippen LogP contribution in [0.3, 0.4) is 0 Å². The van der Waals surface area contributed by atoms with Crippen molar-refractivity contribution in [1.82, 2.24) is 0 Å². The van der Waals surface area contributed by atoms with Crippen LogP contribution in [0.5, 0.6) is 5.75 Å². The Balaban J connectivity index is 1.03. The number of carbonyl (C=O) groups is 1. The highest BCUT2D eigenvalue weighted by Crippen LogP contribution is 2.65. The Kier molecular flexibility index (Phi) is 10.5. The molecule has 48 heavy (non-hydrogen) atoms. The van der Waals surface area contributed by atoms with Crippen LogP contribution in [0.15, 0.2) is 39.1 Å². The molecule has 1 aromatic carbocycles. The maximum Gasteiger partial charge on any atom is 0.344 e. The molecule has 0 bridgehead atoms. The van der Waals surface area contributed by atoms with Crippen molar-refractivity contribution in [3.05, 3.63) is 51.4 Å². The summed E-state index contributed by atoms with van der Waals surface area (Å²) < 4.78 is 17.4. The van der Waals surface area contributed by atoms with E-state index in [0.29, 0.717) is 23.2 Å². The van der Waals surface area contributed by atoms with E-state index in [2.05, 4.69) is 47.6 Å². The summed E-state index contributed by atoms with van der Waals surface area (Å²) in [6.45, 7) is 16.3. The Hall–Kier alpha value is -2.56. The molecular formula is C43H62O5. The first-order valence-electron chi connectivity index (χ1n) is 19.5. The maximum absolute atomic E-state index is 13.0. The minimum absolute atomic E-state index is 0.0901. The lowest BCUT2D eigenvalue weighted by Crippen LogP contribution is -2.52. The van der Waals surface area contributed by atoms with Gasteiger partial charge in [0.25, 0.3) is 0 Å². The summed E-state index contributed by atoms with van der Waals surface area (Å²) in [6, 6.07) is 5.45. The van der Waals surface area contributed by atoms with E-state index >= 15 is 0 Å². The first-order valence-corrected chi connectivity index (χ1v) is 19.5. The van der Waals surface area contributed by atoms with Gasteiger partial charge in [-0.15, -0.1) is 0 Å². The topological polar surface area (TPSA) is 65.7 Å². The van der Waals surface area contributed by atoms with E-state index in [4.69, 9.17) is 13.9 Å². The molecule has 2 aromatic rings. The molecule has 264 valence electrons. The third kappa shape index (κ3) is 7.04. The zero-order valence-corrected chi connectivity index (χ0v) is 31.0. The smallest absolute Gasteiger partial charge is 0.344 e. The summed E-state index contributed by atoms with van der Waals surface area (Å²) in [5.74, 6) is 5.15. The molecule has 4 aliphatic carbocycles. The van der Waals surface area contributed by atoms with Crippen molar-refractivity contribution in [3.63, 3.8) is 0 Å². The molecule has 1 aromatic heterocycles. The monoisotopic (exact) mass is 658 g/mol. The minimum Gasteiger partial charge on any atom is -0.482 e. The number of fused-ring (bicyclic) bond motifs is 6. The lowest BCUT2D eigenvalue weighted by atomic mass is 9.44. The van der Waals surface area contributed by atoms with Crippen LogP contribution in [-0.2, 0) is 16.0 Å². The Morgan fingerprint density at radius 3 is 2.62 bits per heavy atom. The van der Waals surface area contributed by atoms with Gasteiger partial charge in [-0.3, -0.25) is 0 Å². The maximum atomic E-state index is 13.0. The van der Waals surface area contributed by atoms with Gasteiger partial charge in [-0.05, 0) is 129 Å². The summed E-state index contributed by atoms with van der Waals surface area (Å²) in [6.07, 6.45) is 19.3. The highest BCUT2D eigenvalue weighted by molar-refractivity contribution is 5.82. The van der Waals surface area contributed by atoms with Crippen LogP contribution in [0.25, 0.3) is 11.0 Å². The highest BCUT2D eigenvalue weighted by atomic mass is 16.6. The minimum atomic E-state index is -0.336. The predicted molar refractivity (Wildman–Crippen MR) is 194 cm³/mol. The molecule has 5 heteroatoms. The van der Waals surface area contributed by atoms with Crippen LogP contribution in [0, 0.1) is 53.3 Å². The summed E-state index contributed by atoms with van der Waals surface area (Å²) in [7, 11) is 0. The van der Waals surface area contributed by atoms with Gasteiger partial charge in [0.05, 0.1) is 0 Å². The molecule has 6 rings (SSSR count). The number of allylic oxidation sites excluding steroid dienone is 1. The first-order chi connectivity index (χ1) is 22.9. The number of carbonyl (C=O) groups excluding carboxylic acids is 1. The van der Waals surface area contributed by atoms with Crippen molar-refractivity contribution in [2.24, 2.45) is 46.3 Å². The zero-order valence-electron chi connectivity index (χ0n) is 31.0. The molecule has 3 fully saturated rings. The average molecular weight is 659 g/mol. The largest absolute Gasteiger partial charge is 0.482 e. The van der Waals surface area contributed by atoms with Gasteiger partial charge in [0.2, 0.25) is 0 Å². The summed E-state index contributed by atoms with van der Waals surface area (Å²) >= 11 is 0. The van der Waals surface area contributed by atoms with E-state index in [0.717, 1.165) is 77.7 Å². The molecule has 0 aliphatic heterocycles. The Labute approximate surface area is 289 Å². The molecule has 1 heterocycles. The van der Waals surface area contributed by atoms with Gasteiger partial charge in [-0.2, -0.15) is 0 Å². The van der Waals surface area contributed by atoms with Crippen molar-refractivity contribution in [3.8, 4) is 5.75 Å². The van der Waals surface area contributed by atoms with Crippen molar-refractivity contribution in [1.29, 1.82) is 0 Å². The van der Waals surface area contributed by atoms with Crippen LogP contribution < -0.4 is 10.4 Å². The summed E-state index contributed by atoms with van der Waals surface area (Å²) in [5, 5.41) is 0.901. The molecule has 3 saturated carbocycles. The first kappa shape index (κ1) is 35.3. The van der Waals surface area contributed by atoms with Crippen molar-refractivity contribution in [2.75, 3.05) is 6.61 Å². The number of benzene rings is 1. The fraction of sp³-hybridized carbons (Fsp3) is 0.721. The fourth-order valence-corrected chi connectivity index (χ4v) is 11.0. The molecule has 0 spiro atoms. The summed E-state index contributed by atoms with van der Waals surface area (Å²) in [5.41, 5.74) is 4.14. The molecule has 0 radical (unpaired) electrons. The number of hydrogen-bond acceptors (Lipinski definition) is 5. The van der Waals surface area contributed by atoms with E-state index < -0.39 is 0 Å². The van der Waals surface area contributed by atoms with Crippen molar-refractivity contribution >= 4 is 16.9 Å². The lowest BCUT2D eigenvalue weighted by molar-refractivity contribution is -0.154. The highest BCUT2D eigenvalue weighted by Gasteiger charge is 2.56. The van der Waals surface area contributed by atoms with Crippen LogP contribution in [0.2, 0.25) is 0 Å². The third-order valence-corrected chi connectivity index (χ3v) is 13.8. The van der Waals surface area contributed by atoms with Gasteiger partial charge in [0, 0.05) is 23.4 Å². The van der Waals surface area contributed by atoms with Crippen LogP contribution in [-0.4, -0.2) is 18.7 Å². The van der Waals surface area contributed by atoms with Gasteiger partial charge in [-0.1, -0.05) is 78.9 Å². The zero-order chi connectivity index (χ0) is 34.2. The van der Waals surface area contributed by atoms with E-state index in [-0.39, 0.29) is 29.7 Å². The second-order valence-electron chi connectivity index (χ2n) is 17.3. The second-order valence-corrected chi connectivity index (χ2v) is 17.3. The van der Waals surface area contributed by atoms with Crippen LogP contribution in [0.1, 0.15) is 136 Å². The van der Waals surface area contributed by atoms with E-state index in [1.165, 1.54) is 63.4 Å². The lowest BCUT2D eigenvalue weighted by Gasteiger charge is -2.61. The fourth-order valence-electron chi connectivity index (χ4n) is 11.0. The van der Waals surface area contributed by atoms with Gasteiger partial charge in [0.1, 0.15) is 17.4 Å². The molecule has 5 nitrogen and oxygen atoms in total. The average Bonchev–Trinajstić information content (AvgIpc) is 3.04. The van der Waals surface area contributed by atoms with E-state index in [9.17, 15) is 9.59 Å². The number of rotatable bonds is 11. The van der Waals surface area contributed by atoms with Crippen molar-refractivity contribution < 1.29 is 18.7 Å². The Bertz CT molecular complexity index is 1550. The van der Waals surface area contributed by atoms with Crippen LogP contribution >= 0.6 is 0 Å².